The molecule has 0 unspecified atom stereocenters. The van der Waals surface area contributed by atoms with E-state index < -0.39 is 0 Å². The standard InChI is InChI=1S/C26H55NO9/c1-4-6-7-27(3)8-10-29-12-14-31-16-18-33-20-22-35-24-26-36-25-23-34-21-19-32-17-15-30-13-11-28-9-5-2/h4-26H2,1-3H3. The molecular formula is C26H55NO9. The summed E-state index contributed by atoms with van der Waals surface area (Å²) in [5.74, 6) is 0. The van der Waals surface area contributed by atoms with E-state index in [-0.39, 0.29) is 0 Å². The van der Waals surface area contributed by atoms with Crippen molar-refractivity contribution in [1.82, 2.24) is 4.90 Å². The highest BCUT2D eigenvalue weighted by atomic mass is 16.6. The molecule has 0 saturated carbocycles. The van der Waals surface area contributed by atoms with Crippen LogP contribution in [0.2, 0.25) is 0 Å². The van der Waals surface area contributed by atoms with Crippen LogP contribution in [-0.4, -0.2) is 144 Å². The van der Waals surface area contributed by atoms with E-state index in [1.54, 1.807) is 0 Å². The zero-order valence-electron chi connectivity index (χ0n) is 23.4. The second kappa shape index (κ2) is 32.6. The molecule has 0 aliphatic carbocycles. The molecule has 0 aromatic rings. The van der Waals surface area contributed by atoms with Gasteiger partial charge in [-0.2, -0.15) is 0 Å². The largest absolute Gasteiger partial charge is 0.379 e. The van der Waals surface area contributed by atoms with Crippen LogP contribution in [0, 0.1) is 0 Å². The van der Waals surface area contributed by atoms with Crippen molar-refractivity contribution in [3.8, 4) is 0 Å². The van der Waals surface area contributed by atoms with Crippen LogP contribution in [0.3, 0.4) is 0 Å². The van der Waals surface area contributed by atoms with E-state index in [9.17, 15) is 0 Å². The number of rotatable bonds is 32. The maximum Gasteiger partial charge on any atom is 0.0701 e. The lowest BCUT2D eigenvalue weighted by Crippen LogP contribution is -2.24. The summed E-state index contributed by atoms with van der Waals surface area (Å²) in [6.45, 7) is 17.0. The third kappa shape index (κ3) is 31.6. The van der Waals surface area contributed by atoms with Gasteiger partial charge >= 0.3 is 0 Å². The Morgan fingerprint density at radius 1 is 0.333 bits per heavy atom. The van der Waals surface area contributed by atoms with E-state index in [2.05, 4.69) is 25.8 Å². The fraction of sp³-hybridized carbons (Fsp3) is 1.00. The minimum atomic E-state index is 0.538. The summed E-state index contributed by atoms with van der Waals surface area (Å²) in [5.41, 5.74) is 0. The van der Waals surface area contributed by atoms with Gasteiger partial charge in [-0.05, 0) is 26.4 Å². The van der Waals surface area contributed by atoms with Crippen molar-refractivity contribution in [2.45, 2.75) is 33.1 Å². The van der Waals surface area contributed by atoms with E-state index in [0.717, 1.165) is 32.7 Å². The first kappa shape index (κ1) is 35.6. The number of nitrogens with zero attached hydrogens (tertiary/aromatic N) is 1. The smallest absolute Gasteiger partial charge is 0.0701 e. The van der Waals surface area contributed by atoms with Gasteiger partial charge in [-0.25, -0.2) is 0 Å². The summed E-state index contributed by atoms with van der Waals surface area (Å²) < 4.78 is 49.1. The predicted molar refractivity (Wildman–Crippen MR) is 140 cm³/mol. The molecule has 0 aliphatic heterocycles. The Balaban J connectivity index is 3.04. The van der Waals surface area contributed by atoms with Gasteiger partial charge in [0.1, 0.15) is 0 Å². The summed E-state index contributed by atoms with van der Waals surface area (Å²) in [4.78, 5) is 2.30. The van der Waals surface area contributed by atoms with Crippen molar-refractivity contribution in [1.29, 1.82) is 0 Å². The van der Waals surface area contributed by atoms with E-state index in [4.69, 9.17) is 42.6 Å². The number of ether oxygens (including phenoxy) is 9. The number of likely N-dealkylation sites (N-methyl/N-ethyl adjacent to an activating group) is 1. The minimum Gasteiger partial charge on any atom is -0.379 e. The van der Waals surface area contributed by atoms with Crippen molar-refractivity contribution in [2.75, 3.05) is 139 Å². The van der Waals surface area contributed by atoms with E-state index in [1.807, 2.05) is 0 Å². The van der Waals surface area contributed by atoms with Gasteiger partial charge in [0, 0.05) is 13.2 Å². The first-order valence-corrected chi connectivity index (χ1v) is 13.7. The van der Waals surface area contributed by atoms with Gasteiger partial charge < -0.3 is 47.5 Å². The normalized spacial score (nSPS) is 11.7. The van der Waals surface area contributed by atoms with Gasteiger partial charge in [0.05, 0.1) is 112 Å². The van der Waals surface area contributed by atoms with E-state index >= 15 is 0 Å². The van der Waals surface area contributed by atoms with Crippen molar-refractivity contribution in [3.05, 3.63) is 0 Å². The van der Waals surface area contributed by atoms with Crippen LogP contribution in [-0.2, 0) is 42.6 Å². The van der Waals surface area contributed by atoms with Gasteiger partial charge in [-0.3, -0.25) is 0 Å². The van der Waals surface area contributed by atoms with Crippen LogP contribution in [0.25, 0.3) is 0 Å². The van der Waals surface area contributed by atoms with Crippen molar-refractivity contribution >= 4 is 0 Å². The quantitative estimate of drug-likeness (QED) is 0.122. The molecule has 218 valence electrons. The molecule has 0 aromatic carbocycles. The number of hydrogen-bond acceptors (Lipinski definition) is 10. The molecule has 0 aliphatic rings. The summed E-state index contributed by atoms with van der Waals surface area (Å²) in [6, 6.07) is 0. The average molecular weight is 526 g/mol. The number of hydrogen-bond donors (Lipinski definition) is 0. The molecule has 0 atom stereocenters. The zero-order chi connectivity index (χ0) is 26.2. The third-order valence-electron chi connectivity index (χ3n) is 4.84. The zero-order valence-corrected chi connectivity index (χ0v) is 23.4. The Kier molecular flexibility index (Phi) is 32.3. The van der Waals surface area contributed by atoms with Crippen LogP contribution < -0.4 is 0 Å². The molecular weight excluding hydrogens is 470 g/mol. The third-order valence-corrected chi connectivity index (χ3v) is 4.84. The molecule has 0 spiro atoms. The minimum absolute atomic E-state index is 0.538. The van der Waals surface area contributed by atoms with E-state index in [0.29, 0.717) is 106 Å². The maximum absolute atomic E-state index is 5.58. The average Bonchev–Trinajstić information content (AvgIpc) is 2.89. The molecule has 0 amide bonds. The Labute approximate surface area is 220 Å². The maximum atomic E-state index is 5.58. The molecule has 36 heavy (non-hydrogen) atoms. The molecule has 0 bridgehead atoms. The molecule has 0 radical (unpaired) electrons. The fourth-order valence-corrected chi connectivity index (χ4v) is 2.77. The van der Waals surface area contributed by atoms with Crippen LogP contribution in [0.15, 0.2) is 0 Å². The highest BCUT2D eigenvalue weighted by Crippen LogP contribution is 1.91. The Morgan fingerprint density at radius 3 is 0.889 bits per heavy atom. The van der Waals surface area contributed by atoms with Crippen molar-refractivity contribution in [2.24, 2.45) is 0 Å². The Morgan fingerprint density at radius 2 is 0.611 bits per heavy atom. The molecule has 0 N–H and O–H groups in total. The van der Waals surface area contributed by atoms with Gasteiger partial charge in [0.15, 0.2) is 0 Å². The van der Waals surface area contributed by atoms with Gasteiger partial charge in [-0.15, -0.1) is 0 Å². The van der Waals surface area contributed by atoms with Crippen LogP contribution in [0.4, 0.5) is 0 Å². The lowest BCUT2D eigenvalue weighted by Gasteiger charge is -2.15. The predicted octanol–water partition coefficient (Wildman–Crippen LogP) is 2.28. The highest BCUT2D eigenvalue weighted by Gasteiger charge is 1.98. The summed E-state index contributed by atoms with van der Waals surface area (Å²) >= 11 is 0. The summed E-state index contributed by atoms with van der Waals surface area (Å²) in [7, 11) is 2.13. The van der Waals surface area contributed by atoms with Crippen LogP contribution in [0.5, 0.6) is 0 Å². The summed E-state index contributed by atoms with van der Waals surface area (Å²) in [6.07, 6.45) is 3.49. The highest BCUT2D eigenvalue weighted by molar-refractivity contribution is 4.49. The lowest BCUT2D eigenvalue weighted by atomic mass is 10.3. The molecule has 10 nitrogen and oxygen atoms in total. The van der Waals surface area contributed by atoms with Crippen LogP contribution >= 0.6 is 0 Å². The first-order chi connectivity index (χ1) is 17.8. The number of unbranched alkanes of at least 4 members (excludes halogenated alkanes) is 1. The van der Waals surface area contributed by atoms with Gasteiger partial charge in [0.25, 0.3) is 0 Å². The monoisotopic (exact) mass is 525 g/mol. The molecule has 0 aromatic heterocycles. The lowest BCUT2D eigenvalue weighted by molar-refractivity contribution is -0.0251. The van der Waals surface area contributed by atoms with Crippen molar-refractivity contribution in [3.63, 3.8) is 0 Å². The van der Waals surface area contributed by atoms with Crippen LogP contribution in [0.1, 0.15) is 33.1 Å². The molecule has 0 fully saturated rings. The van der Waals surface area contributed by atoms with Gasteiger partial charge in [0.2, 0.25) is 0 Å². The van der Waals surface area contributed by atoms with Gasteiger partial charge in [-0.1, -0.05) is 20.3 Å². The molecule has 0 saturated heterocycles. The topological polar surface area (TPSA) is 86.3 Å². The van der Waals surface area contributed by atoms with Crippen molar-refractivity contribution < 1.29 is 42.6 Å². The molecule has 10 heteroatoms. The second-order valence-corrected chi connectivity index (χ2v) is 8.17. The SMILES string of the molecule is CCCCN(C)CCOCCOCCOCCOCCOCCOCCOCCOCCOCCC. The second-order valence-electron chi connectivity index (χ2n) is 8.17. The summed E-state index contributed by atoms with van der Waals surface area (Å²) in [5, 5.41) is 0. The first-order valence-electron chi connectivity index (χ1n) is 13.7. The fourth-order valence-electron chi connectivity index (χ4n) is 2.77. The molecule has 0 rings (SSSR count). The Hall–Kier alpha value is -0.400. The Bertz CT molecular complexity index is 394. The van der Waals surface area contributed by atoms with E-state index in [1.165, 1.54) is 12.8 Å². The molecule has 0 heterocycles.